The lowest BCUT2D eigenvalue weighted by Gasteiger charge is -2.30. The first-order valence-corrected chi connectivity index (χ1v) is 11.4. The summed E-state index contributed by atoms with van der Waals surface area (Å²) < 4.78 is 14.4. The van der Waals surface area contributed by atoms with Crippen molar-refractivity contribution in [1.29, 1.82) is 5.26 Å². The molecule has 0 aliphatic heterocycles. The molecule has 1 aliphatic carbocycles. The van der Waals surface area contributed by atoms with Gasteiger partial charge in [-0.1, -0.05) is 56.5 Å². The number of hydrogen-bond acceptors (Lipinski definition) is 3. The van der Waals surface area contributed by atoms with Gasteiger partial charge in [-0.2, -0.15) is 5.26 Å². The summed E-state index contributed by atoms with van der Waals surface area (Å²) in [5.74, 6) is -0.542. The largest absolute Gasteiger partial charge is 0.348 e. The summed E-state index contributed by atoms with van der Waals surface area (Å²) in [5, 5.41) is 9.58. The average Bonchev–Trinajstić information content (AvgIpc) is 2.87. The molecule has 0 radical (unpaired) electrons. The Bertz CT molecular complexity index is 1270. The van der Waals surface area contributed by atoms with Gasteiger partial charge in [0.2, 0.25) is 0 Å². The number of likely N-dealkylation sites (N-methyl/N-ethyl adjacent to an activating group) is 1. The van der Waals surface area contributed by atoms with E-state index < -0.39 is 5.82 Å². The van der Waals surface area contributed by atoms with E-state index in [0.29, 0.717) is 11.1 Å². The van der Waals surface area contributed by atoms with E-state index in [1.54, 1.807) is 24.4 Å². The lowest BCUT2D eigenvalue weighted by molar-refractivity contribution is 0.505. The summed E-state index contributed by atoms with van der Waals surface area (Å²) in [5.41, 5.74) is 7.50. The van der Waals surface area contributed by atoms with E-state index in [2.05, 4.69) is 50.2 Å². The zero-order valence-corrected chi connectivity index (χ0v) is 20.1. The zero-order valence-electron chi connectivity index (χ0n) is 20.1. The third kappa shape index (κ3) is 5.00. The predicted octanol–water partition coefficient (Wildman–Crippen LogP) is 7.38. The van der Waals surface area contributed by atoms with Gasteiger partial charge in [0.05, 0.1) is 11.3 Å². The van der Waals surface area contributed by atoms with Crippen molar-refractivity contribution in [2.45, 2.75) is 33.1 Å². The molecule has 0 saturated carbocycles. The maximum atomic E-state index is 14.4. The van der Waals surface area contributed by atoms with Gasteiger partial charge in [0.1, 0.15) is 11.9 Å². The normalized spacial score (nSPS) is 14.4. The van der Waals surface area contributed by atoms with Crippen LogP contribution >= 0.6 is 0 Å². The molecule has 172 valence electrons. The number of allylic oxidation sites excluding steroid dienone is 9. The number of hydrogen-bond donors (Lipinski definition) is 0. The maximum absolute atomic E-state index is 14.4. The quantitative estimate of drug-likeness (QED) is 0.393. The van der Waals surface area contributed by atoms with Crippen molar-refractivity contribution in [2.24, 2.45) is 0 Å². The Hall–Kier alpha value is -3.97. The van der Waals surface area contributed by atoms with Crippen LogP contribution in [0.2, 0.25) is 0 Å². The Morgan fingerprint density at radius 3 is 2.65 bits per heavy atom. The van der Waals surface area contributed by atoms with Crippen LogP contribution in [0, 0.1) is 17.1 Å². The molecule has 1 aromatic carbocycles. The Morgan fingerprint density at radius 2 is 2.00 bits per heavy atom. The zero-order chi connectivity index (χ0) is 24.7. The van der Waals surface area contributed by atoms with Gasteiger partial charge in [-0.3, -0.25) is 4.98 Å². The number of nitrogens with zero attached hydrogens (tertiary/aromatic N) is 3. The number of rotatable bonds is 8. The molecule has 0 atom stereocenters. The topological polar surface area (TPSA) is 39.9 Å². The number of aryl methyl sites for hydroxylation is 1. The van der Waals surface area contributed by atoms with Crippen molar-refractivity contribution >= 4 is 11.1 Å². The van der Waals surface area contributed by atoms with Crippen molar-refractivity contribution in [2.75, 3.05) is 7.05 Å². The second kappa shape index (κ2) is 11.2. The van der Waals surface area contributed by atoms with E-state index in [-0.39, 0.29) is 5.56 Å². The average molecular weight is 452 g/mol. The first-order chi connectivity index (χ1) is 16.5. The fourth-order valence-electron chi connectivity index (χ4n) is 4.21. The SMILES string of the molecule is C=C/C(=C\C(=C/C)N(C)C1=C(/C=C(\C=C)c2cccc(F)c2C#N)c2ncccc2CC1)CC. The molecule has 0 amide bonds. The van der Waals surface area contributed by atoms with E-state index in [1.807, 2.05) is 31.2 Å². The van der Waals surface area contributed by atoms with Gasteiger partial charge in [-0.15, -0.1) is 0 Å². The molecule has 1 heterocycles. The van der Waals surface area contributed by atoms with Gasteiger partial charge in [-0.25, -0.2) is 4.39 Å². The Kier molecular flexibility index (Phi) is 8.16. The molecule has 0 unspecified atom stereocenters. The lowest BCUT2D eigenvalue weighted by atomic mass is 9.89. The van der Waals surface area contributed by atoms with Crippen LogP contribution in [0.4, 0.5) is 4.39 Å². The van der Waals surface area contributed by atoms with Crippen LogP contribution in [-0.4, -0.2) is 16.9 Å². The lowest BCUT2D eigenvalue weighted by Crippen LogP contribution is -2.21. The molecule has 4 heteroatoms. The summed E-state index contributed by atoms with van der Waals surface area (Å²) >= 11 is 0. The Labute approximate surface area is 202 Å². The van der Waals surface area contributed by atoms with Gasteiger partial charge in [0.15, 0.2) is 0 Å². The van der Waals surface area contributed by atoms with Gasteiger partial charge < -0.3 is 4.90 Å². The molecule has 34 heavy (non-hydrogen) atoms. The van der Waals surface area contributed by atoms with Gasteiger partial charge in [-0.05, 0) is 67.2 Å². The predicted molar refractivity (Wildman–Crippen MR) is 139 cm³/mol. The summed E-state index contributed by atoms with van der Waals surface area (Å²) in [6.07, 6.45) is 14.1. The van der Waals surface area contributed by atoms with E-state index in [9.17, 15) is 9.65 Å². The smallest absolute Gasteiger partial charge is 0.141 e. The number of nitriles is 1. The summed E-state index contributed by atoms with van der Waals surface area (Å²) in [4.78, 5) is 6.88. The fraction of sp³-hybridized carbons (Fsp3) is 0.200. The number of benzene rings is 1. The highest BCUT2D eigenvalue weighted by molar-refractivity contribution is 5.90. The second-order valence-electron chi connectivity index (χ2n) is 8.00. The van der Waals surface area contributed by atoms with Crippen LogP contribution < -0.4 is 0 Å². The Morgan fingerprint density at radius 1 is 1.21 bits per heavy atom. The second-order valence-corrected chi connectivity index (χ2v) is 8.00. The molecule has 0 fully saturated rings. The highest BCUT2D eigenvalue weighted by Gasteiger charge is 2.23. The van der Waals surface area contributed by atoms with Crippen molar-refractivity contribution < 1.29 is 4.39 Å². The third-order valence-corrected chi connectivity index (χ3v) is 6.14. The fourth-order valence-corrected chi connectivity index (χ4v) is 4.21. The van der Waals surface area contributed by atoms with Crippen LogP contribution in [0.15, 0.2) is 97.0 Å². The standard InChI is InChI=1S/C30H30FN3/c1-6-21(7-2)18-24(9-4)34(5)29-16-15-23-12-11-17-33-30(23)26(29)19-22(8-3)25-13-10-14-28(31)27(25)20-32/h6,8-14,17-19H,1,3,7,15-16H2,2,4-5H3/b21-18+,22-19+,24-9+. The van der Waals surface area contributed by atoms with E-state index in [0.717, 1.165) is 53.1 Å². The molecule has 0 spiro atoms. The monoisotopic (exact) mass is 451 g/mol. The molecular formula is C30H30FN3. The summed E-state index contributed by atoms with van der Waals surface area (Å²) in [6.45, 7) is 12.0. The molecule has 1 aliphatic rings. The van der Waals surface area contributed by atoms with Crippen LogP contribution in [0.1, 0.15) is 49.1 Å². The van der Waals surface area contributed by atoms with Crippen LogP contribution in [0.25, 0.3) is 11.1 Å². The van der Waals surface area contributed by atoms with Crippen molar-refractivity contribution in [3.05, 3.63) is 125 Å². The third-order valence-electron chi connectivity index (χ3n) is 6.14. The van der Waals surface area contributed by atoms with Crippen molar-refractivity contribution in [3.63, 3.8) is 0 Å². The summed E-state index contributed by atoms with van der Waals surface area (Å²) in [6, 6.07) is 10.7. The van der Waals surface area contributed by atoms with E-state index in [4.69, 9.17) is 4.98 Å². The van der Waals surface area contributed by atoms with Crippen molar-refractivity contribution in [3.8, 4) is 6.07 Å². The van der Waals surface area contributed by atoms with E-state index >= 15 is 0 Å². The molecule has 0 N–H and O–H groups in total. The first-order valence-electron chi connectivity index (χ1n) is 11.4. The van der Waals surface area contributed by atoms with E-state index in [1.165, 1.54) is 6.07 Å². The maximum Gasteiger partial charge on any atom is 0.141 e. The minimum absolute atomic E-state index is 0.0110. The van der Waals surface area contributed by atoms with Crippen LogP contribution in [0.5, 0.6) is 0 Å². The molecule has 3 rings (SSSR count). The van der Waals surface area contributed by atoms with Gasteiger partial charge in [0, 0.05) is 35.8 Å². The number of pyridine rings is 1. The minimum atomic E-state index is -0.542. The Balaban J connectivity index is 2.26. The molecular weight excluding hydrogens is 421 g/mol. The number of fused-ring (bicyclic) bond motifs is 1. The van der Waals surface area contributed by atoms with Crippen LogP contribution in [-0.2, 0) is 6.42 Å². The molecule has 0 saturated heterocycles. The molecule has 2 aromatic rings. The highest BCUT2D eigenvalue weighted by Crippen LogP contribution is 2.36. The molecule has 0 bridgehead atoms. The molecule has 1 aromatic heterocycles. The van der Waals surface area contributed by atoms with Crippen molar-refractivity contribution in [1.82, 2.24) is 9.88 Å². The minimum Gasteiger partial charge on any atom is -0.348 e. The van der Waals surface area contributed by atoms with Crippen LogP contribution in [0.3, 0.4) is 0 Å². The first kappa shape index (κ1) is 24.7. The number of halogens is 1. The highest BCUT2D eigenvalue weighted by atomic mass is 19.1. The van der Waals surface area contributed by atoms with Gasteiger partial charge >= 0.3 is 0 Å². The summed E-state index contributed by atoms with van der Waals surface area (Å²) in [7, 11) is 2.05. The molecule has 3 nitrogen and oxygen atoms in total. The van der Waals surface area contributed by atoms with Gasteiger partial charge in [0.25, 0.3) is 0 Å². The number of aromatic nitrogens is 1.